The van der Waals surface area contributed by atoms with Crippen LogP contribution in [0, 0.1) is 0 Å². The van der Waals surface area contributed by atoms with E-state index >= 15 is 0 Å². The minimum absolute atomic E-state index is 0.855. The summed E-state index contributed by atoms with van der Waals surface area (Å²) in [6, 6.07) is 19.3. The maximum absolute atomic E-state index is 5.42. The van der Waals surface area contributed by atoms with Crippen LogP contribution in [-0.4, -0.2) is 31.2 Å². The van der Waals surface area contributed by atoms with E-state index in [1.54, 1.807) is 0 Å². The van der Waals surface area contributed by atoms with Crippen molar-refractivity contribution in [1.29, 1.82) is 0 Å². The molecule has 0 aromatic heterocycles. The molecular weight excluding hydrogens is 266 g/mol. The number of morpholine rings is 1. The topological polar surface area (TPSA) is 12.5 Å². The van der Waals surface area contributed by atoms with Gasteiger partial charge in [0.1, 0.15) is 0 Å². The molecule has 2 aromatic carbocycles. The molecule has 2 nitrogen and oxygen atoms in total. The fourth-order valence-electron chi connectivity index (χ4n) is 2.35. The second-order valence-corrected chi connectivity index (χ2v) is 6.03. The van der Waals surface area contributed by atoms with Crippen molar-refractivity contribution in [2.45, 2.75) is 16.3 Å². The van der Waals surface area contributed by atoms with E-state index in [0.717, 1.165) is 32.8 Å². The zero-order chi connectivity index (χ0) is 13.6. The molecule has 0 radical (unpaired) electrons. The number of hydrogen-bond acceptors (Lipinski definition) is 3. The van der Waals surface area contributed by atoms with Crippen LogP contribution in [0.3, 0.4) is 0 Å². The molecule has 1 aliphatic rings. The molecule has 0 spiro atoms. The Morgan fingerprint density at radius 3 is 2.40 bits per heavy atom. The van der Waals surface area contributed by atoms with E-state index in [2.05, 4.69) is 59.5 Å². The molecule has 2 aromatic rings. The van der Waals surface area contributed by atoms with Gasteiger partial charge in [0, 0.05) is 29.4 Å². The summed E-state index contributed by atoms with van der Waals surface area (Å²) < 4.78 is 5.42. The van der Waals surface area contributed by atoms with Crippen molar-refractivity contribution < 1.29 is 4.74 Å². The first-order valence-electron chi connectivity index (χ1n) is 7.03. The third kappa shape index (κ3) is 3.63. The Bertz CT molecular complexity index is 538. The highest BCUT2D eigenvalue weighted by Crippen LogP contribution is 2.30. The monoisotopic (exact) mass is 285 g/mol. The van der Waals surface area contributed by atoms with Gasteiger partial charge in [0.05, 0.1) is 13.2 Å². The Balaban J connectivity index is 1.74. The van der Waals surface area contributed by atoms with E-state index in [1.807, 2.05) is 11.8 Å². The van der Waals surface area contributed by atoms with Crippen molar-refractivity contribution in [3.8, 4) is 0 Å². The molecule has 1 saturated heterocycles. The van der Waals surface area contributed by atoms with Crippen molar-refractivity contribution in [1.82, 2.24) is 4.90 Å². The molecule has 0 bridgehead atoms. The number of ether oxygens (including phenoxy) is 1. The number of nitrogens with zero attached hydrogens (tertiary/aromatic N) is 1. The predicted molar refractivity (Wildman–Crippen MR) is 83.1 cm³/mol. The molecule has 20 heavy (non-hydrogen) atoms. The summed E-state index contributed by atoms with van der Waals surface area (Å²) in [5, 5.41) is 0. The Morgan fingerprint density at radius 1 is 0.900 bits per heavy atom. The van der Waals surface area contributed by atoms with Gasteiger partial charge < -0.3 is 4.74 Å². The first-order chi connectivity index (χ1) is 9.92. The van der Waals surface area contributed by atoms with Gasteiger partial charge in [-0.1, -0.05) is 48.2 Å². The lowest BCUT2D eigenvalue weighted by molar-refractivity contribution is 0.0338. The van der Waals surface area contributed by atoms with Crippen molar-refractivity contribution in [2.24, 2.45) is 0 Å². The molecule has 0 amide bonds. The van der Waals surface area contributed by atoms with Gasteiger partial charge in [-0.2, -0.15) is 0 Å². The maximum Gasteiger partial charge on any atom is 0.0594 e. The van der Waals surface area contributed by atoms with Crippen molar-refractivity contribution >= 4 is 11.8 Å². The lowest BCUT2D eigenvalue weighted by Crippen LogP contribution is -2.35. The molecule has 3 heteroatoms. The summed E-state index contributed by atoms with van der Waals surface area (Å²) in [5.41, 5.74) is 1.41. The largest absolute Gasteiger partial charge is 0.379 e. The van der Waals surface area contributed by atoms with Crippen LogP contribution in [0.1, 0.15) is 5.56 Å². The molecule has 0 saturated carbocycles. The molecule has 3 rings (SSSR count). The van der Waals surface area contributed by atoms with Gasteiger partial charge in [0.15, 0.2) is 0 Å². The van der Waals surface area contributed by atoms with Gasteiger partial charge in [0.25, 0.3) is 0 Å². The lowest BCUT2D eigenvalue weighted by Gasteiger charge is -2.27. The average molecular weight is 285 g/mol. The quantitative estimate of drug-likeness (QED) is 0.850. The van der Waals surface area contributed by atoms with Crippen LogP contribution in [0.15, 0.2) is 64.4 Å². The summed E-state index contributed by atoms with van der Waals surface area (Å²) in [7, 11) is 0. The molecule has 1 heterocycles. The van der Waals surface area contributed by atoms with E-state index < -0.39 is 0 Å². The Morgan fingerprint density at radius 2 is 1.60 bits per heavy atom. The van der Waals surface area contributed by atoms with Gasteiger partial charge >= 0.3 is 0 Å². The van der Waals surface area contributed by atoms with Gasteiger partial charge in [-0.3, -0.25) is 4.90 Å². The third-order valence-corrected chi connectivity index (χ3v) is 4.57. The fraction of sp³-hybridized carbons (Fsp3) is 0.294. The predicted octanol–water partition coefficient (Wildman–Crippen LogP) is 3.67. The lowest BCUT2D eigenvalue weighted by atomic mass is 10.2. The van der Waals surface area contributed by atoms with Crippen LogP contribution in [0.4, 0.5) is 0 Å². The highest BCUT2D eigenvalue weighted by atomic mass is 32.2. The molecule has 1 fully saturated rings. The van der Waals surface area contributed by atoms with Crippen molar-refractivity contribution in [2.75, 3.05) is 26.3 Å². The molecule has 1 aliphatic heterocycles. The Kier molecular flexibility index (Phi) is 4.74. The second kappa shape index (κ2) is 6.93. The second-order valence-electron chi connectivity index (χ2n) is 4.91. The van der Waals surface area contributed by atoms with E-state index in [9.17, 15) is 0 Å². The summed E-state index contributed by atoms with van der Waals surface area (Å²) in [4.78, 5) is 5.11. The number of hydrogen-bond donors (Lipinski definition) is 0. The number of rotatable bonds is 4. The first kappa shape index (κ1) is 13.7. The minimum Gasteiger partial charge on any atom is -0.379 e. The van der Waals surface area contributed by atoms with Gasteiger partial charge in [0.2, 0.25) is 0 Å². The summed E-state index contributed by atoms with van der Waals surface area (Å²) >= 11 is 1.84. The highest BCUT2D eigenvalue weighted by molar-refractivity contribution is 7.99. The first-order valence-corrected chi connectivity index (χ1v) is 7.84. The third-order valence-electron chi connectivity index (χ3n) is 3.44. The van der Waals surface area contributed by atoms with Crippen LogP contribution in [-0.2, 0) is 11.3 Å². The molecule has 0 N–H and O–H groups in total. The highest BCUT2D eigenvalue weighted by Gasteiger charge is 2.12. The number of benzene rings is 2. The Labute approximate surface area is 124 Å². The zero-order valence-electron chi connectivity index (χ0n) is 11.5. The van der Waals surface area contributed by atoms with E-state index in [1.165, 1.54) is 15.4 Å². The SMILES string of the molecule is c1ccc(Sc2ccccc2CN2CCOCC2)cc1. The molecule has 104 valence electrons. The van der Waals surface area contributed by atoms with Crippen LogP contribution in [0.25, 0.3) is 0 Å². The van der Waals surface area contributed by atoms with Crippen molar-refractivity contribution in [3.63, 3.8) is 0 Å². The van der Waals surface area contributed by atoms with Gasteiger partial charge in [-0.05, 0) is 23.8 Å². The van der Waals surface area contributed by atoms with E-state index in [-0.39, 0.29) is 0 Å². The normalized spacial score (nSPS) is 16.2. The molecule has 0 unspecified atom stereocenters. The van der Waals surface area contributed by atoms with Gasteiger partial charge in [-0.15, -0.1) is 0 Å². The van der Waals surface area contributed by atoms with Crippen molar-refractivity contribution in [3.05, 3.63) is 60.2 Å². The minimum atomic E-state index is 0.855. The van der Waals surface area contributed by atoms with Crippen LogP contribution in [0.2, 0.25) is 0 Å². The van der Waals surface area contributed by atoms with E-state index in [4.69, 9.17) is 4.74 Å². The van der Waals surface area contributed by atoms with Gasteiger partial charge in [-0.25, -0.2) is 0 Å². The maximum atomic E-state index is 5.42. The summed E-state index contributed by atoms with van der Waals surface area (Å²) in [6.45, 7) is 4.79. The average Bonchev–Trinajstić information content (AvgIpc) is 2.51. The van der Waals surface area contributed by atoms with E-state index in [0.29, 0.717) is 0 Å². The van der Waals surface area contributed by atoms with Crippen LogP contribution < -0.4 is 0 Å². The Hall–Kier alpha value is -1.29. The molecule has 0 aliphatic carbocycles. The van der Waals surface area contributed by atoms with Crippen LogP contribution >= 0.6 is 11.8 Å². The molecule has 0 atom stereocenters. The summed E-state index contributed by atoms with van der Waals surface area (Å²) in [5.74, 6) is 0. The zero-order valence-corrected chi connectivity index (χ0v) is 12.3. The summed E-state index contributed by atoms with van der Waals surface area (Å²) in [6.07, 6.45) is 0. The van der Waals surface area contributed by atoms with Crippen LogP contribution in [0.5, 0.6) is 0 Å². The standard InChI is InChI=1S/C17H19NOS/c1-2-7-16(8-3-1)20-17-9-5-4-6-15(17)14-18-10-12-19-13-11-18/h1-9H,10-14H2. The molecular formula is C17H19NOS. The smallest absolute Gasteiger partial charge is 0.0594 e. The fourth-order valence-corrected chi connectivity index (χ4v) is 3.31.